The number of halogens is 1. The Kier molecular flexibility index (Phi) is 6.24. The third-order valence-electron chi connectivity index (χ3n) is 6.41. The number of rotatable bonds is 6. The Hall–Kier alpha value is -2.15. The SMILES string of the molecule is CCCN(C)C1(S(=O)(=O)c2ccc3cc(Cl)ccc3c2)CCN(c2ccncc2)CC1. The predicted octanol–water partition coefficient (Wildman–Crippen LogP) is 5.00. The number of nitrogens with zero attached hydrogens (tertiary/aromatic N) is 3. The Morgan fingerprint density at radius 1 is 1.03 bits per heavy atom. The van der Waals surface area contributed by atoms with E-state index in [1.54, 1.807) is 30.6 Å². The van der Waals surface area contributed by atoms with Gasteiger partial charge in [0.25, 0.3) is 0 Å². The van der Waals surface area contributed by atoms with Crippen LogP contribution >= 0.6 is 11.6 Å². The number of anilines is 1. The summed E-state index contributed by atoms with van der Waals surface area (Å²) in [6.07, 6.45) is 5.55. The molecule has 1 aliphatic rings. The quantitative estimate of drug-likeness (QED) is 0.521. The smallest absolute Gasteiger partial charge is 0.197 e. The van der Waals surface area contributed by atoms with E-state index in [2.05, 4.69) is 21.7 Å². The number of hydrogen-bond acceptors (Lipinski definition) is 5. The van der Waals surface area contributed by atoms with Gasteiger partial charge in [-0.3, -0.25) is 9.88 Å². The Balaban J connectivity index is 1.71. The lowest BCUT2D eigenvalue weighted by atomic mass is 10.0. The van der Waals surface area contributed by atoms with Crippen molar-refractivity contribution in [3.63, 3.8) is 0 Å². The Bertz CT molecular complexity index is 1160. The fraction of sp³-hybridized carbons (Fsp3) is 0.375. The highest BCUT2D eigenvalue weighted by Crippen LogP contribution is 2.39. The molecule has 0 atom stereocenters. The number of piperidine rings is 1. The number of benzene rings is 2. The first-order chi connectivity index (χ1) is 14.9. The molecule has 0 saturated carbocycles. The van der Waals surface area contributed by atoms with Crippen molar-refractivity contribution in [2.24, 2.45) is 0 Å². The van der Waals surface area contributed by atoms with Crippen LogP contribution in [0, 0.1) is 0 Å². The van der Waals surface area contributed by atoms with Gasteiger partial charge in [-0.15, -0.1) is 0 Å². The van der Waals surface area contributed by atoms with Crippen LogP contribution in [0.4, 0.5) is 5.69 Å². The van der Waals surface area contributed by atoms with Crippen LogP contribution < -0.4 is 4.90 Å². The van der Waals surface area contributed by atoms with Crippen molar-refractivity contribution < 1.29 is 8.42 Å². The average Bonchev–Trinajstić information content (AvgIpc) is 2.79. The van der Waals surface area contributed by atoms with Crippen LogP contribution in [-0.4, -0.2) is 49.9 Å². The maximum absolute atomic E-state index is 14.1. The van der Waals surface area contributed by atoms with E-state index in [4.69, 9.17) is 11.6 Å². The van der Waals surface area contributed by atoms with Crippen LogP contribution in [0.25, 0.3) is 10.8 Å². The van der Waals surface area contributed by atoms with E-state index >= 15 is 0 Å². The molecule has 0 bridgehead atoms. The van der Waals surface area contributed by atoms with Crippen LogP contribution in [0.15, 0.2) is 65.8 Å². The number of hydrogen-bond donors (Lipinski definition) is 0. The monoisotopic (exact) mass is 457 g/mol. The molecule has 0 spiro atoms. The maximum atomic E-state index is 14.1. The third-order valence-corrected chi connectivity index (χ3v) is 9.24. The van der Waals surface area contributed by atoms with Gasteiger partial charge in [-0.25, -0.2) is 8.42 Å². The summed E-state index contributed by atoms with van der Waals surface area (Å²) < 4.78 is 28.2. The van der Waals surface area contributed by atoms with Gasteiger partial charge < -0.3 is 4.90 Å². The van der Waals surface area contributed by atoms with E-state index in [1.807, 2.05) is 37.4 Å². The molecule has 5 nitrogen and oxygen atoms in total. The van der Waals surface area contributed by atoms with Crippen molar-refractivity contribution in [3.8, 4) is 0 Å². The second-order valence-electron chi connectivity index (χ2n) is 8.22. The molecule has 7 heteroatoms. The number of sulfone groups is 1. The first-order valence-corrected chi connectivity index (χ1v) is 12.5. The first kappa shape index (κ1) is 22.1. The lowest BCUT2D eigenvalue weighted by Crippen LogP contribution is -2.58. The van der Waals surface area contributed by atoms with Gasteiger partial charge in [0.2, 0.25) is 0 Å². The van der Waals surface area contributed by atoms with Crippen LogP contribution in [0.1, 0.15) is 26.2 Å². The van der Waals surface area contributed by atoms with Crippen LogP contribution in [0.3, 0.4) is 0 Å². The lowest BCUT2D eigenvalue weighted by Gasteiger charge is -2.47. The summed E-state index contributed by atoms with van der Waals surface area (Å²) in [6, 6.07) is 14.9. The largest absolute Gasteiger partial charge is 0.371 e. The minimum absolute atomic E-state index is 0.377. The standard InChI is InChI=1S/C24H28ClN3O2S/c1-3-14-27(2)24(10-15-28(16-11-24)22-8-12-26-13-9-22)31(29,30)23-7-5-19-17-21(25)6-4-20(19)18-23/h4-9,12-13,17-18H,3,10-11,14-16H2,1-2H3. The molecule has 164 valence electrons. The molecule has 4 rings (SSSR count). The van der Waals surface area contributed by atoms with E-state index in [0.29, 0.717) is 35.8 Å². The number of fused-ring (bicyclic) bond motifs is 1. The lowest BCUT2D eigenvalue weighted by molar-refractivity contribution is 0.164. The molecule has 2 heterocycles. The molecule has 1 aliphatic heterocycles. The maximum Gasteiger partial charge on any atom is 0.197 e. The Morgan fingerprint density at radius 3 is 2.35 bits per heavy atom. The van der Waals surface area contributed by atoms with Crippen molar-refractivity contribution in [1.82, 2.24) is 9.88 Å². The minimum Gasteiger partial charge on any atom is -0.371 e. The van der Waals surface area contributed by atoms with Crippen molar-refractivity contribution in [2.45, 2.75) is 36.0 Å². The molecule has 2 aromatic carbocycles. The molecule has 0 radical (unpaired) electrons. The van der Waals surface area contributed by atoms with Gasteiger partial charge in [-0.05, 0) is 80.0 Å². The molecule has 0 unspecified atom stereocenters. The summed E-state index contributed by atoms with van der Waals surface area (Å²) in [5.41, 5.74) is 1.08. The molecule has 31 heavy (non-hydrogen) atoms. The van der Waals surface area contributed by atoms with Gasteiger partial charge in [-0.2, -0.15) is 0 Å². The predicted molar refractivity (Wildman–Crippen MR) is 127 cm³/mol. The summed E-state index contributed by atoms with van der Waals surface area (Å²) in [5.74, 6) is 0. The fourth-order valence-electron chi connectivity index (χ4n) is 4.65. The van der Waals surface area contributed by atoms with E-state index in [1.165, 1.54) is 0 Å². The number of pyridine rings is 1. The van der Waals surface area contributed by atoms with Gasteiger partial charge in [-0.1, -0.05) is 30.7 Å². The van der Waals surface area contributed by atoms with E-state index in [9.17, 15) is 8.42 Å². The molecule has 1 fully saturated rings. The van der Waals surface area contributed by atoms with Gasteiger partial charge in [0.1, 0.15) is 4.87 Å². The van der Waals surface area contributed by atoms with Crippen LogP contribution in [0.2, 0.25) is 5.02 Å². The van der Waals surface area contributed by atoms with Gasteiger partial charge in [0, 0.05) is 36.2 Å². The van der Waals surface area contributed by atoms with Crippen LogP contribution in [-0.2, 0) is 9.84 Å². The average molecular weight is 458 g/mol. The first-order valence-electron chi connectivity index (χ1n) is 10.7. The molecule has 3 aromatic rings. The second-order valence-corrected chi connectivity index (χ2v) is 10.9. The highest BCUT2D eigenvalue weighted by Gasteiger charge is 2.49. The topological polar surface area (TPSA) is 53.5 Å². The van der Waals surface area contributed by atoms with Gasteiger partial charge >= 0.3 is 0 Å². The zero-order valence-corrected chi connectivity index (χ0v) is 19.5. The zero-order valence-electron chi connectivity index (χ0n) is 18.0. The Morgan fingerprint density at radius 2 is 1.68 bits per heavy atom. The van der Waals surface area contributed by atoms with Crippen molar-refractivity contribution in [2.75, 3.05) is 31.6 Å². The summed E-state index contributed by atoms with van der Waals surface area (Å²) >= 11 is 6.10. The summed E-state index contributed by atoms with van der Waals surface area (Å²) in [7, 11) is -1.65. The van der Waals surface area contributed by atoms with Gasteiger partial charge in [0.15, 0.2) is 9.84 Å². The number of aromatic nitrogens is 1. The summed E-state index contributed by atoms with van der Waals surface area (Å²) in [4.78, 5) is 7.85. The molecule has 0 amide bonds. The molecule has 0 aliphatic carbocycles. The van der Waals surface area contributed by atoms with Crippen LogP contribution in [0.5, 0.6) is 0 Å². The Labute approximate surface area is 189 Å². The molecule has 1 saturated heterocycles. The van der Waals surface area contributed by atoms with Crippen molar-refractivity contribution in [3.05, 3.63) is 65.9 Å². The highest BCUT2D eigenvalue weighted by atomic mass is 35.5. The van der Waals surface area contributed by atoms with Crippen molar-refractivity contribution in [1.29, 1.82) is 0 Å². The second kappa shape index (κ2) is 8.77. The molecule has 1 aromatic heterocycles. The van der Waals surface area contributed by atoms with E-state index in [-0.39, 0.29) is 0 Å². The third kappa shape index (κ3) is 4.04. The normalized spacial score (nSPS) is 16.7. The molecule has 0 N–H and O–H groups in total. The highest BCUT2D eigenvalue weighted by molar-refractivity contribution is 7.92. The van der Waals surface area contributed by atoms with Gasteiger partial charge in [0.05, 0.1) is 4.90 Å². The molecular weight excluding hydrogens is 430 g/mol. The van der Waals surface area contributed by atoms with E-state index in [0.717, 1.165) is 29.4 Å². The zero-order chi connectivity index (χ0) is 22.1. The fourth-order valence-corrected chi connectivity index (χ4v) is 7.02. The molecular formula is C24H28ClN3O2S. The summed E-state index contributed by atoms with van der Waals surface area (Å²) in [5, 5.41) is 2.47. The van der Waals surface area contributed by atoms with Crippen molar-refractivity contribution >= 4 is 37.9 Å². The summed E-state index contributed by atoms with van der Waals surface area (Å²) in [6.45, 7) is 4.18. The van der Waals surface area contributed by atoms with E-state index < -0.39 is 14.7 Å². The minimum atomic E-state index is -3.60.